The van der Waals surface area contributed by atoms with Crippen molar-refractivity contribution in [1.29, 1.82) is 0 Å². The maximum Gasteiger partial charge on any atom is 0.222 e. The van der Waals surface area contributed by atoms with E-state index in [-0.39, 0.29) is 12.1 Å². The minimum absolute atomic E-state index is 0.151. The summed E-state index contributed by atoms with van der Waals surface area (Å²) in [6.07, 6.45) is 5.52. The van der Waals surface area contributed by atoms with E-state index < -0.39 is 0 Å². The molecule has 0 atom stereocenters. The molecule has 0 amide bonds. The Morgan fingerprint density at radius 1 is 1.29 bits per heavy atom. The first-order valence-electron chi connectivity index (χ1n) is 10.9. The zero-order valence-corrected chi connectivity index (χ0v) is 18.1. The maximum atomic E-state index is 9.43. The fourth-order valence-corrected chi connectivity index (χ4v) is 3.79. The van der Waals surface area contributed by atoms with Gasteiger partial charge in [-0.2, -0.15) is 10.1 Å². The molecule has 0 aliphatic heterocycles. The van der Waals surface area contributed by atoms with E-state index in [1.807, 2.05) is 10.9 Å². The predicted octanol–water partition coefficient (Wildman–Crippen LogP) is 2.29. The highest BCUT2D eigenvalue weighted by molar-refractivity contribution is 5.85. The SMILES string of the molecule is CCCCNc1nc(N)nc2cn(Cc3ccc(CNC4CC(O)C4)cc3OC)nc12. The smallest absolute Gasteiger partial charge is 0.222 e. The van der Waals surface area contributed by atoms with E-state index >= 15 is 0 Å². The number of rotatable bonds is 10. The summed E-state index contributed by atoms with van der Waals surface area (Å²) in [5, 5.41) is 20.9. The Kier molecular flexibility index (Phi) is 6.53. The van der Waals surface area contributed by atoms with Gasteiger partial charge in [0.1, 0.15) is 11.3 Å². The van der Waals surface area contributed by atoms with Crippen LogP contribution in [0.4, 0.5) is 11.8 Å². The Labute approximate surface area is 182 Å². The zero-order valence-electron chi connectivity index (χ0n) is 18.1. The molecule has 1 aromatic carbocycles. The molecule has 4 rings (SSSR count). The van der Waals surface area contributed by atoms with E-state index in [0.717, 1.165) is 55.6 Å². The third-order valence-corrected chi connectivity index (χ3v) is 5.64. The number of methoxy groups -OCH3 is 1. The second kappa shape index (κ2) is 9.49. The highest BCUT2D eigenvalue weighted by atomic mass is 16.5. The molecule has 2 heterocycles. The van der Waals surface area contributed by atoms with Crippen LogP contribution in [0.25, 0.3) is 11.0 Å². The Morgan fingerprint density at radius 2 is 2.13 bits per heavy atom. The number of benzene rings is 1. The van der Waals surface area contributed by atoms with E-state index in [1.54, 1.807) is 7.11 Å². The van der Waals surface area contributed by atoms with Crippen molar-refractivity contribution < 1.29 is 9.84 Å². The molecule has 0 spiro atoms. The number of anilines is 2. The molecule has 2 aromatic heterocycles. The van der Waals surface area contributed by atoms with Crippen molar-refractivity contribution in [3.05, 3.63) is 35.5 Å². The molecule has 0 saturated heterocycles. The number of nitrogen functional groups attached to an aromatic ring is 1. The van der Waals surface area contributed by atoms with E-state index in [2.05, 4.69) is 45.7 Å². The highest BCUT2D eigenvalue weighted by Crippen LogP contribution is 2.25. The average molecular weight is 426 g/mol. The fourth-order valence-electron chi connectivity index (χ4n) is 3.79. The standard InChI is InChI=1S/C22H31N7O2/c1-3-4-7-24-21-20-18(26-22(23)27-21)13-29(28-20)12-15-6-5-14(8-19(15)31-2)11-25-16-9-17(30)10-16/h5-6,8,13,16-17,25,30H,3-4,7,9-12H2,1-2H3,(H3,23,24,26,27). The third-order valence-electron chi connectivity index (χ3n) is 5.64. The lowest BCUT2D eigenvalue weighted by molar-refractivity contribution is 0.0619. The van der Waals surface area contributed by atoms with Gasteiger partial charge in [0.05, 0.1) is 26.0 Å². The van der Waals surface area contributed by atoms with Crippen molar-refractivity contribution in [2.24, 2.45) is 0 Å². The number of hydrogen-bond donors (Lipinski definition) is 4. The van der Waals surface area contributed by atoms with Gasteiger partial charge in [0, 0.05) is 24.7 Å². The van der Waals surface area contributed by atoms with Crippen LogP contribution in [-0.2, 0) is 13.1 Å². The van der Waals surface area contributed by atoms with Crippen LogP contribution < -0.4 is 21.1 Å². The molecule has 9 heteroatoms. The third kappa shape index (κ3) is 5.05. The van der Waals surface area contributed by atoms with Gasteiger partial charge in [-0.15, -0.1) is 0 Å². The van der Waals surface area contributed by atoms with Crippen LogP contribution in [0, 0.1) is 0 Å². The van der Waals surface area contributed by atoms with Gasteiger partial charge in [0.2, 0.25) is 5.95 Å². The number of ether oxygens (including phenoxy) is 1. The van der Waals surface area contributed by atoms with Crippen molar-refractivity contribution in [3.8, 4) is 5.75 Å². The average Bonchev–Trinajstić information content (AvgIpc) is 3.13. The molecule has 0 unspecified atom stereocenters. The van der Waals surface area contributed by atoms with Crippen molar-refractivity contribution in [1.82, 2.24) is 25.1 Å². The van der Waals surface area contributed by atoms with Gasteiger partial charge in [-0.3, -0.25) is 4.68 Å². The van der Waals surface area contributed by atoms with Crippen molar-refractivity contribution in [2.75, 3.05) is 24.7 Å². The monoisotopic (exact) mass is 425 g/mol. The van der Waals surface area contributed by atoms with Crippen LogP contribution in [0.3, 0.4) is 0 Å². The lowest BCUT2D eigenvalue weighted by Crippen LogP contribution is -2.43. The Hall–Kier alpha value is -2.91. The molecular weight excluding hydrogens is 394 g/mol. The fraction of sp³-hybridized carbons (Fsp3) is 0.500. The molecule has 166 valence electrons. The van der Waals surface area contributed by atoms with E-state index in [9.17, 15) is 5.11 Å². The first-order valence-corrected chi connectivity index (χ1v) is 10.9. The number of aliphatic hydroxyl groups excluding tert-OH is 1. The lowest BCUT2D eigenvalue weighted by atomic mass is 9.89. The molecule has 1 aliphatic carbocycles. The second-order valence-corrected chi connectivity index (χ2v) is 8.12. The van der Waals surface area contributed by atoms with Gasteiger partial charge < -0.3 is 26.2 Å². The number of nitrogens with one attached hydrogen (secondary N) is 2. The van der Waals surface area contributed by atoms with E-state index in [4.69, 9.17) is 15.6 Å². The molecule has 1 fully saturated rings. The Morgan fingerprint density at radius 3 is 2.87 bits per heavy atom. The van der Waals surface area contributed by atoms with E-state index in [1.165, 1.54) is 0 Å². The van der Waals surface area contributed by atoms with Gasteiger partial charge >= 0.3 is 0 Å². The Bertz CT molecular complexity index is 1030. The summed E-state index contributed by atoms with van der Waals surface area (Å²) in [7, 11) is 1.68. The van der Waals surface area contributed by atoms with Crippen LogP contribution in [-0.4, -0.2) is 50.7 Å². The number of hydrogen-bond acceptors (Lipinski definition) is 8. The summed E-state index contributed by atoms with van der Waals surface area (Å²) in [6, 6.07) is 6.61. The predicted molar refractivity (Wildman–Crippen MR) is 121 cm³/mol. The molecule has 3 aromatic rings. The summed E-state index contributed by atoms with van der Waals surface area (Å²) in [5.41, 5.74) is 9.49. The summed E-state index contributed by atoms with van der Waals surface area (Å²) in [4.78, 5) is 8.65. The van der Waals surface area contributed by atoms with Crippen LogP contribution in [0.1, 0.15) is 43.7 Å². The number of fused-ring (bicyclic) bond motifs is 1. The second-order valence-electron chi connectivity index (χ2n) is 8.12. The zero-order chi connectivity index (χ0) is 21.8. The minimum Gasteiger partial charge on any atom is -0.496 e. The summed E-state index contributed by atoms with van der Waals surface area (Å²) in [5.74, 6) is 1.73. The van der Waals surface area contributed by atoms with Gasteiger partial charge in [-0.25, -0.2) is 4.98 Å². The number of unbranched alkanes of at least 4 members (excludes halogenated alkanes) is 1. The normalized spacial score (nSPS) is 18.2. The van der Waals surface area contributed by atoms with Crippen molar-refractivity contribution in [3.63, 3.8) is 0 Å². The number of nitrogens with two attached hydrogens (primary N) is 1. The van der Waals surface area contributed by atoms with Crippen molar-refractivity contribution >= 4 is 22.8 Å². The maximum absolute atomic E-state index is 9.43. The van der Waals surface area contributed by atoms with Crippen molar-refractivity contribution in [2.45, 2.75) is 57.8 Å². The van der Waals surface area contributed by atoms with Gasteiger partial charge in [-0.1, -0.05) is 25.5 Å². The van der Waals surface area contributed by atoms with Crippen LogP contribution >= 0.6 is 0 Å². The topological polar surface area (TPSA) is 123 Å². The summed E-state index contributed by atoms with van der Waals surface area (Å²) >= 11 is 0. The molecule has 1 aliphatic rings. The largest absolute Gasteiger partial charge is 0.496 e. The molecule has 0 bridgehead atoms. The van der Waals surface area contributed by atoms with Crippen LogP contribution in [0.15, 0.2) is 24.4 Å². The molecule has 0 radical (unpaired) electrons. The molecule has 1 saturated carbocycles. The molecular formula is C22H31N7O2. The number of aromatic nitrogens is 4. The Balaban J connectivity index is 1.49. The summed E-state index contributed by atoms with van der Waals surface area (Å²) < 4.78 is 7.48. The van der Waals surface area contributed by atoms with Crippen LogP contribution in [0.5, 0.6) is 5.75 Å². The van der Waals surface area contributed by atoms with Gasteiger partial charge in [0.25, 0.3) is 0 Å². The first-order chi connectivity index (χ1) is 15.1. The minimum atomic E-state index is -0.151. The highest BCUT2D eigenvalue weighted by Gasteiger charge is 2.26. The quantitative estimate of drug-likeness (QED) is 0.365. The molecule has 5 N–H and O–H groups in total. The lowest BCUT2D eigenvalue weighted by Gasteiger charge is -2.32. The van der Waals surface area contributed by atoms with Gasteiger partial charge in [-0.05, 0) is 30.9 Å². The number of aliphatic hydroxyl groups is 1. The molecule has 9 nitrogen and oxygen atoms in total. The molecule has 31 heavy (non-hydrogen) atoms. The number of nitrogens with zero attached hydrogens (tertiary/aromatic N) is 4. The first kappa shape index (κ1) is 21.3. The summed E-state index contributed by atoms with van der Waals surface area (Å²) in [6.45, 7) is 4.27. The van der Waals surface area contributed by atoms with Gasteiger partial charge in [0.15, 0.2) is 11.3 Å². The van der Waals surface area contributed by atoms with Crippen LogP contribution in [0.2, 0.25) is 0 Å². The van der Waals surface area contributed by atoms with E-state index in [0.29, 0.717) is 29.4 Å².